The second kappa shape index (κ2) is 7.34. The van der Waals surface area contributed by atoms with Gasteiger partial charge in [0.05, 0.1) is 14.2 Å². The van der Waals surface area contributed by atoms with Gasteiger partial charge in [-0.3, -0.25) is 0 Å². The van der Waals surface area contributed by atoms with Crippen LogP contribution in [0.1, 0.15) is 44.1 Å². The van der Waals surface area contributed by atoms with E-state index in [4.69, 9.17) is 9.47 Å². The van der Waals surface area contributed by atoms with Crippen molar-refractivity contribution in [3.63, 3.8) is 0 Å². The molecule has 0 aliphatic heterocycles. The van der Waals surface area contributed by atoms with E-state index in [9.17, 15) is 15.8 Å². The molecule has 1 N–H and O–H groups in total. The van der Waals surface area contributed by atoms with Gasteiger partial charge in [0, 0.05) is 11.8 Å². The molecule has 4 fully saturated rings. The van der Waals surface area contributed by atoms with Crippen LogP contribution in [0.2, 0.25) is 0 Å². The molecule has 1 aromatic rings. The van der Waals surface area contributed by atoms with Crippen LogP contribution in [0.25, 0.3) is 0 Å². The Hall–Kier alpha value is -3.17. The predicted octanol–water partition coefficient (Wildman–Crippen LogP) is 4.41. The van der Waals surface area contributed by atoms with Gasteiger partial charge in [-0.15, -0.1) is 0 Å². The van der Waals surface area contributed by atoms with E-state index in [0.717, 1.165) is 48.3 Å². The van der Waals surface area contributed by atoms with E-state index in [1.54, 1.807) is 26.4 Å². The lowest BCUT2D eigenvalue weighted by atomic mass is 9.48. The fourth-order valence-corrected chi connectivity index (χ4v) is 6.28. The summed E-state index contributed by atoms with van der Waals surface area (Å²) in [6, 6.07) is 9.44. The van der Waals surface area contributed by atoms with Gasteiger partial charge in [0.1, 0.15) is 23.9 Å². The minimum atomic E-state index is -0.223. The standard InChI is InChI=1S/C23H24N4O2/c1-28-21-6-18(23-8-14-3-15(9-23)5-16(4-14)10-23)19(7-22(21)29-2)27-20(13-26)17(11-24)12-25/h6-7,14-16,27H,3-5,8-10H2,1-2H3. The first-order valence-corrected chi connectivity index (χ1v) is 10.0. The molecule has 1 aromatic carbocycles. The number of benzene rings is 1. The van der Waals surface area contributed by atoms with Crippen LogP contribution in [-0.2, 0) is 5.41 Å². The number of nitriles is 3. The maximum absolute atomic E-state index is 9.54. The quantitative estimate of drug-likeness (QED) is 0.750. The van der Waals surface area contributed by atoms with Gasteiger partial charge in [0.2, 0.25) is 0 Å². The molecule has 29 heavy (non-hydrogen) atoms. The summed E-state index contributed by atoms with van der Waals surface area (Å²) in [6.45, 7) is 0. The maximum Gasteiger partial charge on any atom is 0.163 e. The number of rotatable bonds is 5. The van der Waals surface area contributed by atoms with Gasteiger partial charge in [0.25, 0.3) is 0 Å². The molecular formula is C23H24N4O2. The van der Waals surface area contributed by atoms with Crippen LogP contribution in [0.3, 0.4) is 0 Å². The van der Waals surface area contributed by atoms with Crippen LogP contribution in [0, 0.1) is 51.7 Å². The van der Waals surface area contributed by atoms with Gasteiger partial charge < -0.3 is 14.8 Å². The van der Waals surface area contributed by atoms with Crippen LogP contribution in [0.5, 0.6) is 11.5 Å². The molecule has 0 spiro atoms. The van der Waals surface area contributed by atoms with Crippen LogP contribution in [0.4, 0.5) is 5.69 Å². The van der Waals surface area contributed by atoms with Crippen LogP contribution >= 0.6 is 0 Å². The summed E-state index contributed by atoms with van der Waals surface area (Å²) in [7, 11) is 3.20. The summed E-state index contributed by atoms with van der Waals surface area (Å²) < 4.78 is 11.1. The third kappa shape index (κ3) is 3.18. The number of anilines is 1. The first-order valence-electron chi connectivity index (χ1n) is 10.0. The zero-order valence-corrected chi connectivity index (χ0v) is 16.8. The van der Waals surface area contributed by atoms with Gasteiger partial charge in [-0.1, -0.05) is 0 Å². The Labute approximate surface area is 171 Å². The topological polar surface area (TPSA) is 102 Å². The highest BCUT2D eigenvalue weighted by Crippen LogP contribution is 2.62. The number of hydrogen-bond acceptors (Lipinski definition) is 6. The van der Waals surface area contributed by atoms with Gasteiger partial charge >= 0.3 is 0 Å². The Bertz CT molecular complexity index is 939. The Morgan fingerprint density at radius 2 is 1.41 bits per heavy atom. The lowest BCUT2D eigenvalue weighted by Crippen LogP contribution is -2.48. The molecule has 148 valence electrons. The van der Waals surface area contributed by atoms with Crippen molar-refractivity contribution in [3.05, 3.63) is 29.0 Å². The smallest absolute Gasteiger partial charge is 0.163 e. The van der Waals surface area contributed by atoms with Crippen LogP contribution in [-0.4, -0.2) is 14.2 Å². The molecule has 0 aromatic heterocycles. The zero-order valence-electron chi connectivity index (χ0n) is 16.8. The van der Waals surface area contributed by atoms with Crippen molar-refractivity contribution in [2.24, 2.45) is 17.8 Å². The molecule has 6 nitrogen and oxygen atoms in total. The summed E-state index contributed by atoms with van der Waals surface area (Å²) >= 11 is 0. The molecule has 6 heteroatoms. The van der Waals surface area contributed by atoms with Crippen LogP contribution in [0.15, 0.2) is 23.4 Å². The van der Waals surface area contributed by atoms with E-state index in [1.165, 1.54) is 19.3 Å². The summed E-state index contributed by atoms with van der Waals surface area (Å²) in [6.07, 6.45) is 7.39. The number of hydrogen-bond donors (Lipinski definition) is 1. The van der Waals surface area contributed by atoms with Crippen molar-refractivity contribution in [2.75, 3.05) is 19.5 Å². The average molecular weight is 388 g/mol. The number of nitrogens with one attached hydrogen (secondary N) is 1. The van der Waals surface area contributed by atoms with Gasteiger partial charge in [0.15, 0.2) is 17.1 Å². The molecule has 4 bridgehead atoms. The fourth-order valence-electron chi connectivity index (χ4n) is 6.28. The van der Waals surface area contributed by atoms with E-state index in [-0.39, 0.29) is 16.7 Å². The molecule has 0 amide bonds. The Morgan fingerprint density at radius 3 is 1.86 bits per heavy atom. The third-order valence-electron chi connectivity index (χ3n) is 6.98. The summed E-state index contributed by atoms with van der Waals surface area (Å²) in [5.74, 6) is 3.47. The molecule has 5 rings (SSSR count). The second-order valence-electron chi connectivity index (χ2n) is 8.66. The highest BCUT2D eigenvalue weighted by molar-refractivity contribution is 5.68. The van der Waals surface area contributed by atoms with Crippen molar-refractivity contribution in [1.29, 1.82) is 15.8 Å². The molecule has 0 radical (unpaired) electrons. The Balaban J connectivity index is 1.85. The fraction of sp³-hybridized carbons (Fsp3) is 0.522. The molecule has 0 heterocycles. The molecule has 4 aliphatic carbocycles. The van der Waals surface area contributed by atoms with Crippen molar-refractivity contribution in [3.8, 4) is 29.7 Å². The summed E-state index contributed by atoms with van der Waals surface area (Å²) in [5, 5.41) is 31.1. The molecule has 0 saturated heterocycles. The highest BCUT2D eigenvalue weighted by atomic mass is 16.5. The van der Waals surface area contributed by atoms with Gasteiger partial charge in [-0.25, -0.2) is 0 Å². The first-order chi connectivity index (χ1) is 14.0. The molecule has 4 saturated carbocycles. The number of nitrogens with zero attached hydrogens (tertiary/aromatic N) is 3. The minimum Gasteiger partial charge on any atom is -0.493 e. The summed E-state index contributed by atoms with van der Waals surface area (Å²) in [5.41, 5.74) is 1.62. The van der Waals surface area contributed by atoms with Crippen molar-refractivity contribution >= 4 is 5.69 Å². The minimum absolute atomic E-state index is 0.0341. The van der Waals surface area contributed by atoms with E-state index in [2.05, 4.69) is 5.32 Å². The monoisotopic (exact) mass is 388 g/mol. The Kier molecular flexibility index (Phi) is 4.85. The molecule has 4 aliphatic rings. The van der Waals surface area contributed by atoms with E-state index < -0.39 is 0 Å². The van der Waals surface area contributed by atoms with E-state index in [1.807, 2.05) is 18.2 Å². The first kappa shape index (κ1) is 19.2. The van der Waals surface area contributed by atoms with Crippen molar-refractivity contribution < 1.29 is 9.47 Å². The zero-order chi connectivity index (χ0) is 20.6. The maximum atomic E-state index is 9.54. The van der Waals surface area contributed by atoms with E-state index >= 15 is 0 Å². The van der Waals surface area contributed by atoms with Gasteiger partial charge in [-0.05, 0) is 73.3 Å². The number of methoxy groups -OCH3 is 2. The number of ether oxygens (including phenoxy) is 2. The molecule has 0 atom stereocenters. The number of allylic oxidation sites excluding steroid dienone is 2. The average Bonchev–Trinajstić information content (AvgIpc) is 2.72. The van der Waals surface area contributed by atoms with Gasteiger partial charge in [-0.2, -0.15) is 15.8 Å². The largest absolute Gasteiger partial charge is 0.493 e. The molecular weight excluding hydrogens is 364 g/mol. The normalized spacial score (nSPS) is 28.6. The molecule has 0 unspecified atom stereocenters. The lowest BCUT2D eigenvalue weighted by Gasteiger charge is -2.57. The Morgan fingerprint density at radius 1 is 0.897 bits per heavy atom. The predicted molar refractivity (Wildman–Crippen MR) is 107 cm³/mol. The van der Waals surface area contributed by atoms with Crippen LogP contribution < -0.4 is 14.8 Å². The lowest BCUT2D eigenvalue weighted by molar-refractivity contribution is -0.00495. The second-order valence-corrected chi connectivity index (χ2v) is 8.66. The highest BCUT2D eigenvalue weighted by Gasteiger charge is 2.52. The third-order valence-corrected chi connectivity index (χ3v) is 6.98. The van der Waals surface area contributed by atoms with Crippen molar-refractivity contribution in [1.82, 2.24) is 0 Å². The van der Waals surface area contributed by atoms with Crippen molar-refractivity contribution in [2.45, 2.75) is 43.9 Å². The summed E-state index contributed by atoms with van der Waals surface area (Å²) in [4.78, 5) is 0. The van der Waals surface area contributed by atoms with E-state index in [0.29, 0.717) is 11.5 Å². The SMILES string of the molecule is COc1cc(NC(C#N)=C(C#N)C#N)c(C23CC4CC(CC(C4)C2)C3)cc1OC.